The fraction of sp³-hybridized carbons (Fsp3) is 0.222. The third-order valence-corrected chi connectivity index (χ3v) is 4.27. The molecule has 3 rings (SSSR count). The number of hydrogen-bond donors (Lipinski definition) is 2. The van der Waals surface area contributed by atoms with Crippen LogP contribution in [0.25, 0.3) is 0 Å². The molecule has 2 aromatic rings. The van der Waals surface area contributed by atoms with E-state index in [2.05, 4.69) is 10.6 Å². The zero-order valence-electron chi connectivity index (χ0n) is 14.1. The molecule has 9 heteroatoms. The number of nitro benzene ring substituents is 1. The molecule has 2 aromatic carbocycles. The van der Waals surface area contributed by atoms with Crippen LogP contribution < -0.4 is 10.6 Å². The van der Waals surface area contributed by atoms with Gasteiger partial charge in [0, 0.05) is 29.1 Å². The summed E-state index contributed by atoms with van der Waals surface area (Å²) in [4.78, 5) is 34.8. The maximum absolute atomic E-state index is 12.3. The highest BCUT2D eigenvalue weighted by Crippen LogP contribution is 2.24. The highest BCUT2D eigenvalue weighted by atomic mass is 35.5. The van der Waals surface area contributed by atoms with E-state index in [1.54, 1.807) is 24.3 Å². The topological polar surface area (TPSA) is 111 Å². The Morgan fingerprint density at radius 1 is 1.11 bits per heavy atom. The Kier molecular flexibility index (Phi) is 5.68. The third-order valence-electron chi connectivity index (χ3n) is 4.03. The molecule has 0 saturated carbocycles. The van der Waals surface area contributed by atoms with E-state index < -0.39 is 16.9 Å². The SMILES string of the molecule is O=C(Nc1ccc(NC(=O)C2CCCO2)cc1)c1ccc(Cl)cc1[N+](=O)[O-]. The summed E-state index contributed by atoms with van der Waals surface area (Å²) < 4.78 is 5.32. The number of nitrogens with zero attached hydrogens (tertiary/aromatic N) is 1. The van der Waals surface area contributed by atoms with E-state index in [4.69, 9.17) is 16.3 Å². The first-order chi connectivity index (χ1) is 12.9. The van der Waals surface area contributed by atoms with Gasteiger partial charge in [0.15, 0.2) is 0 Å². The van der Waals surface area contributed by atoms with E-state index in [1.807, 2.05) is 0 Å². The number of halogens is 1. The quantitative estimate of drug-likeness (QED) is 0.599. The van der Waals surface area contributed by atoms with Crippen LogP contribution in [0.5, 0.6) is 0 Å². The highest BCUT2D eigenvalue weighted by molar-refractivity contribution is 6.31. The van der Waals surface area contributed by atoms with Crippen molar-refractivity contribution in [1.82, 2.24) is 0 Å². The van der Waals surface area contributed by atoms with Crippen LogP contribution in [0.4, 0.5) is 17.1 Å². The molecule has 2 N–H and O–H groups in total. The van der Waals surface area contributed by atoms with Crippen molar-refractivity contribution in [3.05, 3.63) is 63.2 Å². The summed E-state index contributed by atoms with van der Waals surface area (Å²) in [5, 5.41) is 16.6. The second kappa shape index (κ2) is 8.15. The monoisotopic (exact) mass is 389 g/mol. The van der Waals surface area contributed by atoms with Gasteiger partial charge in [-0.05, 0) is 49.2 Å². The van der Waals surface area contributed by atoms with Gasteiger partial charge < -0.3 is 15.4 Å². The molecule has 1 unspecified atom stereocenters. The second-order valence-electron chi connectivity index (χ2n) is 5.94. The van der Waals surface area contributed by atoms with Crippen LogP contribution >= 0.6 is 11.6 Å². The molecule has 0 aromatic heterocycles. The largest absolute Gasteiger partial charge is 0.368 e. The first kappa shape index (κ1) is 18.8. The van der Waals surface area contributed by atoms with Gasteiger partial charge in [-0.25, -0.2) is 0 Å². The highest BCUT2D eigenvalue weighted by Gasteiger charge is 2.23. The average Bonchev–Trinajstić information content (AvgIpc) is 3.18. The van der Waals surface area contributed by atoms with E-state index in [0.29, 0.717) is 24.4 Å². The molecule has 0 aliphatic carbocycles. The lowest BCUT2D eigenvalue weighted by atomic mass is 10.1. The van der Waals surface area contributed by atoms with E-state index >= 15 is 0 Å². The molecule has 8 nitrogen and oxygen atoms in total. The summed E-state index contributed by atoms with van der Waals surface area (Å²) >= 11 is 5.75. The first-order valence-electron chi connectivity index (χ1n) is 8.22. The van der Waals surface area contributed by atoms with Crippen molar-refractivity contribution in [3.8, 4) is 0 Å². The minimum Gasteiger partial charge on any atom is -0.368 e. The Hall–Kier alpha value is -2.97. The van der Waals surface area contributed by atoms with Gasteiger partial charge in [0.05, 0.1) is 4.92 Å². The summed E-state index contributed by atoms with van der Waals surface area (Å²) in [6.45, 7) is 0.583. The number of nitrogens with one attached hydrogen (secondary N) is 2. The van der Waals surface area contributed by atoms with E-state index in [9.17, 15) is 19.7 Å². The number of rotatable bonds is 5. The number of anilines is 2. The van der Waals surface area contributed by atoms with Gasteiger partial charge in [-0.2, -0.15) is 0 Å². The van der Waals surface area contributed by atoms with Gasteiger partial charge in [-0.1, -0.05) is 11.6 Å². The second-order valence-corrected chi connectivity index (χ2v) is 6.38. The van der Waals surface area contributed by atoms with Gasteiger partial charge >= 0.3 is 0 Å². The van der Waals surface area contributed by atoms with Crippen molar-refractivity contribution in [2.24, 2.45) is 0 Å². The van der Waals surface area contributed by atoms with Gasteiger partial charge in [0.25, 0.3) is 17.5 Å². The molecule has 0 bridgehead atoms. The van der Waals surface area contributed by atoms with Crippen LogP contribution in [0, 0.1) is 10.1 Å². The molecule has 1 heterocycles. The van der Waals surface area contributed by atoms with Crippen LogP contribution in [0.3, 0.4) is 0 Å². The number of carbonyl (C=O) groups is 2. The predicted molar refractivity (Wildman–Crippen MR) is 100 cm³/mol. The number of nitro groups is 1. The first-order valence-corrected chi connectivity index (χ1v) is 8.59. The number of carbonyl (C=O) groups excluding carboxylic acids is 2. The fourth-order valence-corrected chi connectivity index (χ4v) is 2.86. The fourth-order valence-electron chi connectivity index (χ4n) is 2.69. The molecule has 140 valence electrons. The van der Waals surface area contributed by atoms with Crippen LogP contribution in [0.2, 0.25) is 5.02 Å². The lowest BCUT2D eigenvalue weighted by Crippen LogP contribution is -2.26. The smallest absolute Gasteiger partial charge is 0.283 e. The minimum absolute atomic E-state index is 0.0971. The maximum atomic E-state index is 12.3. The number of benzene rings is 2. The Bertz CT molecular complexity index is 879. The Labute approximate surface area is 159 Å². The van der Waals surface area contributed by atoms with Crippen LogP contribution in [-0.4, -0.2) is 29.4 Å². The van der Waals surface area contributed by atoms with E-state index in [1.165, 1.54) is 12.1 Å². The number of amides is 2. The molecule has 1 aliphatic heterocycles. The Balaban J connectivity index is 1.67. The molecular formula is C18H16ClN3O5. The van der Waals surface area contributed by atoms with E-state index in [0.717, 1.165) is 12.5 Å². The van der Waals surface area contributed by atoms with Crippen molar-refractivity contribution in [2.45, 2.75) is 18.9 Å². The van der Waals surface area contributed by atoms with Crippen molar-refractivity contribution < 1.29 is 19.2 Å². The van der Waals surface area contributed by atoms with Crippen LogP contribution in [0.15, 0.2) is 42.5 Å². The Morgan fingerprint density at radius 2 is 1.78 bits per heavy atom. The molecule has 0 radical (unpaired) electrons. The van der Waals surface area contributed by atoms with Crippen molar-refractivity contribution >= 4 is 40.5 Å². The summed E-state index contributed by atoms with van der Waals surface area (Å²) in [5.41, 5.74) is 0.519. The molecule has 1 atom stereocenters. The van der Waals surface area contributed by atoms with Gasteiger partial charge in [0.1, 0.15) is 11.7 Å². The Morgan fingerprint density at radius 3 is 2.37 bits per heavy atom. The molecule has 0 spiro atoms. The predicted octanol–water partition coefficient (Wildman–Crippen LogP) is 3.62. The molecule has 27 heavy (non-hydrogen) atoms. The summed E-state index contributed by atoms with van der Waals surface area (Å²) in [7, 11) is 0. The van der Waals surface area contributed by atoms with Crippen LogP contribution in [0.1, 0.15) is 23.2 Å². The standard InChI is InChI=1S/C18H16ClN3O5/c19-11-3-8-14(15(10-11)22(25)26)17(23)20-12-4-6-13(7-5-12)21-18(24)16-2-1-9-27-16/h3-8,10,16H,1-2,9H2,(H,20,23)(H,21,24). The zero-order valence-corrected chi connectivity index (χ0v) is 14.9. The minimum atomic E-state index is -0.662. The van der Waals surface area contributed by atoms with Crippen LogP contribution in [-0.2, 0) is 9.53 Å². The zero-order chi connectivity index (χ0) is 19.4. The van der Waals surface area contributed by atoms with Gasteiger partial charge in [-0.3, -0.25) is 19.7 Å². The summed E-state index contributed by atoms with van der Waals surface area (Å²) in [6, 6.07) is 10.3. The summed E-state index contributed by atoms with van der Waals surface area (Å²) in [5.74, 6) is -0.837. The van der Waals surface area contributed by atoms with Crippen molar-refractivity contribution in [2.75, 3.05) is 17.2 Å². The van der Waals surface area contributed by atoms with E-state index in [-0.39, 0.29) is 22.2 Å². The van der Waals surface area contributed by atoms with Gasteiger partial charge in [-0.15, -0.1) is 0 Å². The lowest BCUT2D eigenvalue weighted by molar-refractivity contribution is -0.385. The van der Waals surface area contributed by atoms with Crippen molar-refractivity contribution in [3.63, 3.8) is 0 Å². The molecule has 1 aliphatic rings. The summed E-state index contributed by atoms with van der Waals surface area (Å²) in [6.07, 6.45) is 1.12. The molecule has 1 saturated heterocycles. The average molecular weight is 390 g/mol. The van der Waals surface area contributed by atoms with Crippen molar-refractivity contribution in [1.29, 1.82) is 0 Å². The molecular weight excluding hydrogens is 374 g/mol. The molecule has 1 fully saturated rings. The maximum Gasteiger partial charge on any atom is 0.283 e. The molecule has 2 amide bonds. The lowest BCUT2D eigenvalue weighted by Gasteiger charge is -2.11. The normalized spacial score (nSPS) is 16.0. The number of ether oxygens (including phenoxy) is 1. The number of hydrogen-bond acceptors (Lipinski definition) is 5. The third kappa shape index (κ3) is 4.60. The van der Waals surface area contributed by atoms with Gasteiger partial charge in [0.2, 0.25) is 0 Å².